The number of aromatic amines is 1. The second kappa shape index (κ2) is 11.6. The van der Waals surface area contributed by atoms with E-state index in [4.69, 9.17) is 21.1 Å². The van der Waals surface area contributed by atoms with Crippen molar-refractivity contribution in [3.63, 3.8) is 0 Å². The molecule has 8 heteroatoms. The fraction of sp³-hybridized carbons (Fsp3) is 0.375. The van der Waals surface area contributed by atoms with Crippen molar-refractivity contribution in [2.24, 2.45) is 5.92 Å². The van der Waals surface area contributed by atoms with E-state index in [1.165, 1.54) is 0 Å². The van der Waals surface area contributed by atoms with Gasteiger partial charge in [0.15, 0.2) is 0 Å². The molecule has 1 unspecified atom stereocenters. The second-order valence-corrected chi connectivity index (χ2v) is 11.5. The Morgan fingerprint density at radius 2 is 1.82 bits per heavy atom. The molecule has 0 aliphatic carbocycles. The first-order chi connectivity index (χ1) is 19.5. The number of nitrogens with one attached hydrogen (secondary N) is 2. The highest BCUT2D eigenvalue weighted by molar-refractivity contribution is 6.31. The first kappa shape index (κ1) is 26.8. The van der Waals surface area contributed by atoms with E-state index in [-0.39, 0.29) is 24.0 Å². The van der Waals surface area contributed by atoms with Gasteiger partial charge in [-0.05, 0) is 72.9 Å². The molecule has 3 aromatic carbocycles. The smallest absolute Gasteiger partial charge is 0.251 e. The minimum atomic E-state index is -0.201. The van der Waals surface area contributed by atoms with Crippen molar-refractivity contribution in [1.29, 1.82) is 0 Å². The Kier molecular flexibility index (Phi) is 7.78. The van der Waals surface area contributed by atoms with Crippen molar-refractivity contribution < 1.29 is 14.3 Å². The summed E-state index contributed by atoms with van der Waals surface area (Å²) in [5.74, 6) is 0.892. The van der Waals surface area contributed by atoms with Crippen molar-refractivity contribution in [2.45, 2.75) is 44.9 Å². The maximum Gasteiger partial charge on any atom is 0.251 e. The number of H-pyrrole nitrogens is 1. The summed E-state index contributed by atoms with van der Waals surface area (Å²) in [6.07, 6.45) is 2.29. The number of hydrogen-bond acceptors (Lipinski definition) is 5. The van der Waals surface area contributed by atoms with Crippen LogP contribution < -0.4 is 10.1 Å². The molecule has 0 saturated carbocycles. The van der Waals surface area contributed by atoms with E-state index in [1.807, 2.05) is 66.7 Å². The fourth-order valence-electron chi connectivity index (χ4n) is 5.61. The predicted molar refractivity (Wildman–Crippen MR) is 158 cm³/mol. The van der Waals surface area contributed by atoms with E-state index < -0.39 is 0 Å². The molecule has 3 heterocycles. The van der Waals surface area contributed by atoms with Crippen LogP contribution in [-0.4, -0.2) is 59.5 Å². The monoisotopic (exact) mass is 558 g/mol. The van der Waals surface area contributed by atoms with Crippen LogP contribution in [0.2, 0.25) is 5.02 Å². The maximum absolute atomic E-state index is 13.4. The number of ether oxygens (including phenoxy) is 2. The van der Waals surface area contributed by atoms with Crippen LogP contribution in [-0.2, 0) is 4.74 Å². The number of amides is 1. The van der Waals surface area contributed by atoms with Gasteiger partial charge in [0, 0.05) is 34.6 Å². The molecule has 2 fully saturated rings. The van der Waals surface area contributed by atoms with E-state index in [2.05, 4.69) is 34.3 Å². The summed E-state index contributed by atoms with van der Waals surface area (Å²) in [6.45, 7) is 7.99. The third-order valence-corrected chi connectivity index (χ3v) is 8.41. The summed E-state index contributed by atoms with van der Waals surface area (Å²) in [7, 11) is 0. The number of benzene rings is 3. The van der Waals surface area contributed by atoms with Gasteiger partial charge < -0.3 is 14.8 Å². The number of hydrogen-bond donors (Lipinski definition) is 2. The summed E-state index contributed by atoms with van der Waals surface area (Å²) in [5.41, 5.74) is 4.14. The number of piperidine rings is 1. The highest BCUT2D eigenvalue weighted by atomic mass is 35.5. The van der Waals surface area contributed by atoms with Crippen LogP contribution in [0.3, 0.4) is 0 Å². The number of nitrogens with zero attached hydrogens (tertiary/aromatic N) is 2. The van der Waals surface area contributed by atoms with Crippen molar-refractivity contribution in [1.82, 2.24) is 20.4 Å². The van der Waals surface area contributed by atoms with Crippen LogP contribution in [0.4, 0.5) is 0 Å². The molecule has 0 spiro atoms. The zero-order valence-electron chi connectivity index (χ0n) is 22.9. The number of carbonyl (C=O) groups excluding carboxylic acids is 1. The number of fused-ring (bicyclic) bond motifs is 1. The normalized spacial score (nSPS) is 17.6. The minimum Gasteiger partial charge on any atom is -0.490 e. The molecule has 7 nitrogen and oxygen atoms in total. The highest BCUT2D eigenvalue weighted by Crippen LogP contribution is 2.31. The molecule has 1 amide bonds. The Bertz CT molecular complexity index is 1470. The average molecular weight is 559 g/mol. The van der Waals surface area contributed by atoms with Crippen LogP contribution in [0.5, 0.6) is 5.75 Å². The second-order valence-electron chi connectivity index (χ2n) is 11.1. The highest BCUT2D eigenvalue weighted by Gasteiger charge is 2.30. The number of carbonyl (C=O) groups is 1. The quantitative estimate of drug-likeness (QED) is 0.267. The summed E-state index contributed by atoms with van der Waals surface area (Å²) >= 11 is 6.46. The molecule has 1 aromatic heterocycles. The predicted octanol–water partition coefficient (Wildman–Crippen LogP) is 6.25. The van der Waals surface area contributed by atoms with Crippen molar-refractivity contribution >= 4 is 28.4 Å². The largest absolute Gasteiger partial charge is 0.490 e. The van der Waals surface area contributed by atoms with Crippen LogP contribution in [0.1, 0.15) is 48.7 Å². The molecule has 2 N–H and O–H groups in total. The topological polar surface area (TPSA) is 79.5 Å². The summed E-state index contributed by atoms with van der Waals surface area (Å²) < 4.78 is 11.6. The van der Waals surface area contributed by atoms with E-state index in [9.17, 15) is 4.79 Å². The lowest BCUT2D eigenvalue weighted by molar-refractivity contribution is -0.0778. The molecule has 0 bridgehead atoms. The molecular formula is C32H35ClN4O3. The number of rotatable bonds is 8. The number of halogens is 1. The Balaban J connectivity index is 1.15. The van der Waals surface area contributed by atoms with Crippen LogP contribution in [0, 0.1) is 5.92 Å². The minimum absolute atomic E-state index is 0.146. The van der Waals surface area contributed by atoms with Gasteiger partial charge in [-0.3, -0.25) is 14.8 Å². The molecule has 6 rings (SSSR count). The first-order valence-corrected chi connectivity index (χ1v) is 14.5. The lowest BCUT2D eigenvalue weighted by Gasteiger charge is -2.41. The van der Waals surface area contributed by atoms with E-state index >= 15 is 0 Å². The fourth-order valence-corrected chi connectivity index (χ4v) is 5.86. The Morgan fingerprint density at radius 1 is 1.07 bits per heavy atom. The van der Waals surface area contributed by atoms with Gasteiger partial charge >= 0.3 is 0 Å². The van der Waals surface area contributed by atoms with E-state index in [0.29, 0.717) is 16.6 Å². The number of likely N-dealkylation sites (tertiary alicyclic amines) is 1. The third kappa shape index (κ3) is 5.59. The summed E-state index contributed by atoms with van der Waals surface area (Å²) in [4.78, 5) is 15.9. The van der Waals surface area contributed by atoms with Crippen molar-refractivity contribution in [3.8, 4) is 17.0 Å². The zero-order valence-corrected chi connectivity index (χ0v) is 23.7. The molecular weight excluding hydrogens is 524 g/mol. The molecule has 40 heavy (non-hydrogen) atoms. The average Bonchev–Trinajstić information content (AvgIpc) is 3.36. The zero-order chi connectivity index (χ0) is 27.6. The lowest BCUT2D eigenvalue weighted by atomic mass is 9.95. The molecule has 0 radical (unpaired) electrons. The Morgan fingerprint density at radius 3 is 2.50 bits per heavy atom. The van der Waals surface area contributed by atoms with Gasteiger partial charge in [-0.2, -0.15) is 5.10 Å². The van der Waals surface area contributed by atoms with Crippen LogP contribution in [0.15, 0.2) is 66.7 Å². The van der Waals surface area contributed by atoms with Crippen molar-refractivity contribution in [2.75, 3.05) is 26.3 Å². The molecule has 4 aromatic rings. The molecule has 2 aliphatic rings. The molecule has 2 saturated heterocycles. The molecule has 208 valence electrons. The third-order valence-electron chi connectivity index (χ3n) is 8.06. The number of aromatic nitrogens is 2. The molecule has 1 atom stereocenters. The van der Waals surface area contributed by atoms with Gasteiger partial charge in [0.2, 0.25) is 0 Å². The van der Waals surface area contributed by atoms with Gasteiger partial charge in [-0.25, -0.2) is 0 Å². The SMILES string of the molecule is CC(C)C(NC(=O)c1ccc2[nH]nc(-c3ccc(OC4CCN(C5COC5)CC4)cc3)c2c1)c1ccccc1Cl. The summed E-state index contributed by atoms with van der Waals surface area (Å²) in [6, 6.07) is 21.8. The molecule has 2 aliphatic heterocycles. The van der Waals surface area contributed by atoms with Crippen LogP contribution >= 0.6 is 11.6 Å². The van der Waals surface area contributed by atoms with Crippen molar-refractivity contribution in [3.05, 3.63) is 82.9 Å². The Hall–Kier alpha value is -3.39. The summed E-state index contributed by atoms with van der Waals surface area (Å²) in [5, 5.41) is 12.4. The van der Waals surface area contributed by atoms with E-state index in [1.54, 1.807) is 0 Å². The maximum atomic E-state index is 13.4. The standard InChI is InChI=1S/C32H35ClN4O3/c1-20(2)30(26-5-3-4-6-28(26)33)34-32(38)22-9-12-29-27(17-22)31(36-35-29)21-7-10-24(11-8-21)40-25-13-15-37(16-14-25)23-18-39-19-23/h3-12,17,20,23,25,30H,13-16,18-19H2,1-2H3,(H,34,38)(H,35,36). The van der Waals surface area contributed by atoms with Gasteiger partial charge in [-0.1, -0.05) is 43.6 Å². The first-order valence-electron chi connectivity index (χ1n) is 14.1. The van der Waals surface area contributed by atoms with Gasteiger partial charge in [0.05, 0.1) is 36.5 Å². The lowest BCUT2D eigenvalue weighted by Crippen LogP contribution is -2.52. The van der Waals surface area contributed by atoms with E-state index in [0.717, 1.165) is 72.6 Å². The van der Waals surface area contributed by atoms with Gasteiger partial charge in [0.25, 0.3) is 5.91 Å². The Labute approximate surface area is 239 Å². The van der Waals surface area contributed by atoms with Gasteiger partial charge in [-0.15, -0.1) is 0 Å². The van der Waals surface area contributed by atoms with Gasteiger partial charge in [0.1, 0.15) is 11.9 Å². The van der Waals surface area contributed by atoms with Crippen LogP contribution in [0.25, 0.3) is 22.2 Å².